The summed E-state index contributed by atoms with van der Waals surface area (Å²) in [5, 5.41) is 8.66. The highest BCUT2D eigenvalue weighted by Crippen LogP contribution is 2.38. The van der Waals surface area contributed by atoms with Crippen LogP contribution in [0.4, 0.5) is 0 Å². The fraction of sp³-hybridized carbons (Fsp3) is 1.00. The maximum atomic E-state index is 8.66. The van der Waals surface area contributed by atoms with Crippen LogP contribution < -0.4 is 0 Å². The van der Waals surface area contributed by atoms with Crippen molar-refractivity contribution in [3.8, 4) is 0 Å². The van der Waals surface area contributed by atoms with Gasteiger partial charge < -0.3 is 10.0 Å². The smallest absolute Gasteiger partial charge is 0.0443 e. The van der Waals surface area contributed by atoms with Crippen LogP contribution in [-0.2, 0) is 0 Å². The number of hydrogen-bond donors (Lipinski definition) is 1. The standard InChI is InChI=1S/C10H21NO/c1-3-5-9-8-10(9)11(2)6-4-7-12/h9-10,12H,3-8H2,1-2H3. The van der Waals surface area contributed by atoms with Crippen LogP contribution in [0.3, 0.4) is 0 Å². The topological polar surface area (TPSA) is 23.5 Å². The third-order valence-corrected chi connectivity index (χ3v) is 2.78. The molecular formula is C10H21NO. The molecule has 12 heavy (non-hydrogen) atoms. The summed E-state index contributed by atoms with van der Waals surface area (Å²) in [5.41, 5.74) is 0. The molecule has 0 aromatic heterocycles. The minimum atomic E-state index is 0.329. The van der Waals surface area contributed by atoms with E-state index in [0.717, 1.165) is 24.9 Å². The van der Waals surface area contributed by atoms with Gasteiger partial charge in [0.1, 0.15) is 0 Å². The van der Waals surface area contributed by atoms with E-state index in [1.807, 2.05) is 0 Å². The molecule has 2 nitrogen and oxygen atoms in total. The van der Waals surface area contributed by atoms with Crippen molar-refractivity contribution in [1.82, 2.24) is 4.90 Å². The van der Waals surface area contributed by atoms with Crippen LogP contribution in [0.15, 0.2) is 0 Å². The molecule has 0 aromatic carbocycles. The Bertz CT molecular complexity index is 127. The van der Waals surface area contributed by atoms with Crippen LogP contribution in [-0.4, -0.2) is 36.2 Å². The molecule has 0 saturated heterocycles. The van der Waals surface area contributed by atoms with Gasteiger partial charge in [0.05, 0.1) is 0 Å². The Morgan fingerprint density at radius 2 is 2.25 bits per heavy atom. The lowest BCUT2D eigenvalue weighted by Crippen LogP contribution is -2.24. The van der Waals surface area contributed by atoms with E-state index in [2.05, 4.69) is 18.9 Å². The highest BCUT2D eigenvalue weighted by atomic mass is 16.3. The molecule has 0 heterocycles. The molecule has 1 fully saturated rings. The molecule has 1 saturated carbocycles. The Kier molecular flexibility index (Phi) is 4.02. The molecule has 0 spiro atoms. The highest BCUT2D eigenvalue weighted by Gasteiger charge is 2.38. The number of nitrogens with zero attached hydrogens (tertiary/aromatic N) is 1. The first-order valence-corrected chi connectivity index (χ1v) is 5.10. The van der Waals surface area contributed by atoms with Crippen molar-refractivity contribution in [2.75, 3.05) is 20.2 Å². The summed E-state index contributed by atoms with van der Waals surface area (Å²) in [7, 11) is 2.18. The van der Waals surface area contributed by atoms with E-state index in [4.69, 9.17) is 5.11 Å². The molecule has 0 bridgehead atoms. The van der Waals surface area contributed by atoms with Crippen LogP contribution in [0.25, 0.3) is 0 Å². The first-order valence-electron chi connectivity index (χ1n) is 5.10. The normalized spacial score (nSPS) is 28.0. The van der Waals surface area contributed by atoms with Crippen LogP contribution in [0.5, 0.6) is 0 Å². The second-order valence-electron chi connectivity index (χ2n) is 3.91. The summed E-state index contributed by atoms with van der Waals surface area (Å²) in [5.74, 6) is 0.957. The Labute approximate surface area is 75.6 Å². The van der Waals surface area contributed by atoms with Crippen LogP contribution in [0.2, 0.25) is 0 Å². The maximum Gasteiger partial charge on any atom is 0.0443 e. The van der Waals surface area contributed by atoms with Gasteiger partial charge in [0, 0.05) is 19.2 Å². The zero-order valence-corrected chi connectivity index (χ0v) is 8.29. The summed E-state index contributed by atoms with van der Waals surface area (Å²) >= 11 is 0. The van der Waals surface area contributed by atoms with Crippen LogP contribution in [0.1, 0.15) is 32.6 Å². The molecule has 1 rings (SSSR count). The van der Waals surface area contributed by atoms with Crippen molar-refractivity contribution >= 4 is 0 Å². The van der Waals surface area contributed by atoms with Gasteiger partial charge in [-0.25, -0.2) is 0 Å². The average Bonchev–Trinajstić information content (AvgIpc) is 2.80. The van der Waals surface area contributed by atoms with Gasteiger partial charge in [-0.15, -0.1) is 0 Å². The van der Waals surface area contributed by atoms with E-state index in [9.17, 15) is 0 Å². The molecule has 2 atom stereocenters. The van der Waals surface area contributed by atoms with Gasteiger partial charge in [-0.1, -0.05) is 13.3 Å². The third kappa shape index (κ3) is 2.76. The van der Waals surface area contributed by atoms with E-state index >= 15 is 0 Å². The van der Waals surface area contributed by atoms with E-state index in [1.165, 1.54) is 19.3 Å². The quantitative estimate of drug-likeness (QED) is 0.654. The van der Waals surface area contributed by atoms with Crippen molar-refractivity contribution in [3.05, 3.63) is 0 Å². The van der Waals surface area contributed by atoms with E-state index in [0.29, 0.717) is 6.61 Å². The summed E-state index contributed by atoms with van der Waals surface area (Å²) in [6.07, 6.45) is 5.00. The Morgan fingerprint density at radius 3 is 2.83 bits per heavy atom. The van der Waals surface area contributed by atoms with E-state index in [1.54, 1.807) is 0 Å². The fourth-order valence-electron chi connectivity index (χ4n) is 1.94. The second kappa shape index (κ2) is 4.83. The fourth-order valence-corrected chi connectivity index (χ4v) is 1.94. The molecule has 0 aromatic rings. The molecule has 0 aliphatic heterocycles. The van der Waals surface area contributed by atoms with Crippen molar-refractivity contribution in [1.29, 1.82) is 0 Å². The molecule has 0 radical (unpaired) electrons. The van der Waals surface area contributed by atoms with Gasteiger partial charge in [0.25, 0.3) is 0 Å². The van der Waals surface area contributed by atoms with Gasteiger partial charge in [-0.3, -0.25) is 0 Å². The van der Waals surface area contributed by atoms with Gasteiger partial charge in [-0.05, 0) is 32.2 Å². The highest BCUT2D eigenvalue weighted by molar-refractivity contribution is 4.93. The Hall–Kier alpha value is -0.0800. The molecule has 1 aliphatic rings. The lowest BCUT2D eigenvalue weighted by molar-refractivity contribution is 0.238. The summed E-state index contributed by atoms with van der Waals surface area (Å²) in [6, 6.07) is 0.830. The molecule has 0 amide bonds. The zero-order chi connectivity index (χ0) is 8.97. The first-order chi connectivity index (χ1) is 5.79. The summed E-state index contributed by atoms with van der Waals surface area (Å²) in [4.78, 5) is 2.40. The number of aliphatic hydroxyl groups excluding tert-OH is 1. The SMILES string of the molecule is CCCC1CC1N(C)CCCO. The van der Waals surface area contributed by atoms with Crippen molar-refractivity contribution in [2.24, 2.45) is 5.92 Å². The molecule has 2 unspecified atom stereocenters. The van der Waals surface area contributed by atoms with Gasteiger partial charge >= 0.3 is 0 Å². The van der Waals surface area contributed by atoms with Gasteiger partial charge in [0.15, 0.2) is 0 Å². The van der Waals surface area contributed by atoms with Gasteiger partial charge in [0.2, 0.25) is 0 Å². The molecule has 72 valence electrons. The van der Waals surface area contributed by atoms with Crippen molar-refractivity contribution in [3.63, 3.8) is 0 Å². The lowest BCUT2D eigenvalue weighted by Gasteiger charge is -2.15. The van der Waals surface area contributed by atoms with E-state index < -0.39 is 0 Å². The predicted molar refractivity (Wildman–Crippen MR) is 51.1 cm³/mol. The molecule has 2 heteroatoms. The Balaban J connectivity index is 2.06. The predicted octanol–water partition coefficient (Wildman–Crippen LogP) is 1.49. The zero-order valence-electron chi connectivity index (χ0n) is 8.29. The second-order valence-corrected chi connectivity index (χ2v) is 3.91. The number of hydrogen-bond acceptors (Lipinski definition) is 2. The molecular weight excluding hydrogens is 150 g/mol. The van der Waals surface area contributed by atoms with Crippen LogP contribution in [0, 0.1) is 5.92 Å². The monoisotopic (exact) mass is 171 g/mol. The Morgan fingerprint density at radius 1 is 1.50 bits per heavy atom. The molecule has 1 N–H and O–H groups in total. The summed E-state index contributed by atoms with van der Waals surface area (Å²) < 4.78 is 0. The van der Waals surface area contributed by atoms with E-state index in [-0.39, 0.29) is 0 Å². The molecule has 1 aliphatic carbocycles. The van der Waals surface area contributed by atoms with Gasteiger partial charge in [-0.2, -0.15) is 0 Å². The van der Waals surface area contributed by atoms with Crippen LogP contribution >= 0.6 is 0 Å². The number of aliphatic hydroxyl groups is 1. The third-order valence-electron chi connectivity index (χ3n) is 2.78. The maximum absolute atomic E-state index is 8.66. The van der Waals surface area contributed by atoms with Crippen molar-refractivity contribution in [2.45, 2.75) is 38.6 Å². The average molecular weight is 171 g/mol. The minimum Gasteiger partial charge on any atom is -0.396 e. The lowest BCUT2D eigenvalue weighted by atomic mass is 10.2. The first kappa shape index (κ1) is 10.0. The van der Waals surface area contributed by atoms with Crippen molar-refractivity contribution < 1.29 is 5.11 Å². The largest absolute Gasteiger partial charge is 0.396 e. The number of rotatable bonds is 6. The summed E-state index contributed by atoms with van der Waals surface area (Å²) in [6.45, 7) is 3.64. The minimum absolute atomic E-state index is 0.329.